The molecular weight excluding hydrogens is 598 g/mol. The molecule has 2 aromatic carbocycles. The second-order valence-corrected chi connectivity index (χ2v) is 24.3. The van der Waals surface area contributed by atoms with Crippen LogP contribution < -0.4 is 9.36 Å². The lowest BCUT2D eigenvalue weighted by Gasteiger charge is -2.37. The molecule has 0 aliphatic carbocycles. The van der Waals surface area contributed by atoms with Gasteiger partial charge in [0.1, 0.15) is 0 Å². The van der Waals surface area contributed by atoms with Gasteiger partial charge in [0, 0.05) is 10.6 Å². The molecular formula is C42H66O2P2. The highest BCUT2D eigenvalue weighted by atomic mass is 31.2. The summed E-state index contributed by atoms with van der Waals surface area (Å²) in [7, 11) is 1.97. The van der Waals surface area contributed by atoms with E-state index in [1.807, 2.05) is 14.2 Å². The molecule has 0 atom stereocenters. The normalized spacial score (nSPS) is 14.4. The zero-order valence-corrected chi connectivity index (χ0v) is 35.0. The lowest BCUT2D eigenvalue weighted by molar-refractivity contribution is 0.391. The Bertz CT molecular complexity index is 1470. The van der Waals surface area contributed by atoms with Crippen LogP contribution in [-0.4, -0.2) is 14.2 Å². The quantitative estimate of drug-likeness (QED) is 0.276. The van der Waals surface area contributed by atoms with Gasteiger partial charge >= 0.3 is 0 Å². The number of ether oxygens (including phenoxy) is 2. The first kappa shape index (κ1) is 38.6. The first-order valence-electron chi connectivity index (χ1n) is 17.0. The van der Waals surface area contributed by atoms with Crippen molar-refractivity contribution >= 4 is 27.6 Å². The summed E-state index contributed by atoms with van der Waals surface area (Å²) in [6.45, 7) is 42.6. The third-order valence-electron chi connectivity index (χ3n) is 8.99. The van der Waals surface area contributed by atoms with Gasteiger partial charge in [-0.05, 0) is 65.9 Å². The Morgan fingerprint density at radius 3 is 0.761 bits per heavy atom. The Morgan fingerprint density at radius 1 is 0.391 bits per heavy atom. The van der Waals surface area contributed by atoms with Gasteiger partial charge in [0.05, 0.1) is 36.1 Å². The van der Waals surface area contributed by atoms with Crippen LogP contribution in [0.15, 0.2) is 24.3 Å². The fraction of sp³-hybridized carbons (Fsp3) is 0.619. The Labute approximate surface area is 285 Å². The summed E-state index contributed by atoms with van der Waals surface area (Å²) in [6, 6.07) is 10.1. The van der Waals surface area contributed by atoms with Gasteiger partial charge in [0.25, 0.3) is 0 Å². The maximum atomic E-state index is 6.04. The number of benzene rings is 2. The second-order valence-electron chi connectivity index (χ2n) is 19.4. The molecule has 0 unspecified atom stereocenters. The maximum absolute atomic E-state index is 6.04. The molecule has 3 rings (SSSR count). The smallest absolute Gasteiger partial charge is 0.0983 e. The van der Waals surface area contributed by atoms with Gasteiger partial charge < -0.3 is 9.47 Å². The van der Waals surface area contributed by atoms with Crippen molar-refractivity contribution in [3.8, 4) is 10.6 Å². The zero-order valence-electron chi connectivity index (χ0n) is 33.2. The van der Waals surface area contributed by atoms with Crippen LogP contribution in [0.1, 0.15) is 158 Å². The lowest BCUT2D eigenvalue weighted by atomic mass is 9.75. The number of rotatable bonds is 4. The van der Waals surface area contributed by atoms with Crippen molar-refractivity contribution in [3.63, 3.8) is 0 Å². The summed E-state index contributed by atoms with van der Waals surface area (Å²) >= 11 is 0. The molecule has 0 saturated carbocycles. The minimum atomic E-state index is -0.839. The molecule has 0 bridgehead atoms. The zero-order chi connectivity index (χ0) is 35.6. The first-order chi connectivity index (χ1) is 20.6. The van der Waals surface area contributed by atoms with Crippen molar-refractivity contribution in [2.75, 3.05) is 14.2 Å². The van der Waals surface area contributed by atoms with Crippen molar-refractivity contribution in [1.82, 2.24) is 0 Å². The first-order valence-corrected chi connectivity index (χ1v) is 19.7. The predicted molar refractivity (Wildman–Crippen MR) is 209 cm³/mol. The highest BCUT2D eigenvalue weighted by Crippen LogP contribution is 2.57. The van der Waals surface area contributed by atoms with Crippen molar-refractivity contribution in [1.29, 1.82) is 0 Å². The number of hydrogen-bond acceptors (Lipinski definition) is 2. The van der Waals surface area contributed by atoms with Crippen molar-refractivity contribution in [2.45, 2.75) is 157 Å². The molecule has 0 aliphatic heterocycles. The minimum Gasteiger partial charge on any atom is -0.503 e. The van der Waals surface area contributed by atoms with Crippen LogP contribution in [0.2, 0.25) is 0 Å². The van der Waals surface area contributed by atoms with Crippen LogP contribution in [0.25, 0.3) is 23.1 Å². The summed E-state index contributed by atoms with van der Waals surface area (Å²) in [4.78, 5) is 0. The molecule has 46 heavy (non-hydrogen) atoms. The Balaban J connectivity index is 2.77. The van der Waals surface area contributed by atoms with Gasteiger partial charge in [-0.15, -0.1) is 0 Å². The van der Waals surface area contributed by atoms with E-state index < -0.39 is 15.1 Å². The van der Waals surface area contributed by atoms with Crippen LogP contribution in [0.4, 0.5) is 0 Å². The van der Waals surface area contributed by atoms with E-state index in [0.717, 1.165) is 0 Å². The fourth-order valence-electron chi connectivity index (χ4n) is 6.17. The average Bonchev–Trinajstić information content (AvgIpc) is 2.84. The molecule has 256 valence electrons. The molecule has 0 saturated heterocycles. The van der Waals surface area contributed by atoms with Gasteiger partial charge in [0.2, 0.25) is 0 Å². The molecule has 1 heterocycles. The summed E-state index contributed by atoms with van der Waals surface area (Å²) in [5.41, 5.74) is 8.57. The molecule has 0 amide bonds. The van der Waals surface area contributed by atoms with Crippen LogP contribution >= 0.6 is 15.1 Å². The van der Waals surface area contributed by atoms with Crippen LogP contribution in [0, 0.1) is 0 Å². The third-order valence-corrected chi connectivity index (χ3v) is 15.5. The summed E-state index contributed by atoms with van der Waals surface area (Å²) < 4.78 is 15.0. The summed E-state index contributed by atoms with van der Waals surface area (Å²) in [5.74, 6) is 0. The SMILES string of the molecule is COC=c1p(-c2c(C(C)(C)C)cc(C(C)(C)C)cc2C(C)(C)C)c(=COC)p1-c1c(C(C)(C)C)cc(C(C)(C)C)cc1C(C)(C)C. The van der Waals surface area contributed by atoms with Gasteiger partial charge in [-0.1, -0.05) is 164 Å². The average molecular weight is 665 g/mol. The van der Waals surface area contributed by atoms with Crippen LogP contribution in [0.3, 0.4) is 0 Å². The predicted octanol–water partition coefficient (Wildman–Crippen LogP) is 12.2. The van der Waals surface area contributed by atoms with Crippen LogP contribution in [-0.2, 0) is 42.0 Å². The third kappa shape index (κ3) is 7.71. The number of hydrogen-bond donors (Lipinski definition) is 0. The summed E-state index contributed by atoms with van der Waals surface area (Å²) in [5, 5.41) is 2.99. The standard InChI is InChI=1S/C42H66O2P2/c1-37(2,3)27-21-29(39(7,8)9)35(30(22-27)40(10,11)12)45-33(25-43-19)46(34(45)26-44-20)36-31(41(13,14)15)23-28(38(4,5)6)24-32(36)42(16,17)18/h21-26H,1-20H3. The monoisotopic (exact) mass is 664 g/mol. The highest BCUT2D eigenvalue weighted by molar-refractivity contribution is 7.80. The molecule has 4 heteroatoms. The molecule has 0 aliphatic rings. The second kappa shape index (κ2) is 12.5. The van der Waals surface area contributed by atoms with E-state index >= 15 is 0 Å². The maximum Gasteiger partial charge on any atom is 0.0983 e. The van der Waals surface area contributed by atoms with Gasteiger partial charge in [-0.3, -0.25) is 0 Å². The van der Waals surface area contributed by atoms with Gasteiger partial charge in [-0.2, -0.15) is 0 Å². The van der Waals surface area contributed by atoms with E-state index in [2.05, 4.69) is 161 Å². The van der Waals surface area contributed by atoms with E-state index in [1.165, 1.54) is 53.4 Å². The van der Waals surface area contributed by atoms with Crippen molar-refractivity contribution < 1.29 is 9.47 Å². The van der Waals surface area contributed by atoms with Gasteiger partial charge in [0.15, 0.2) is 0 Å². The molecule has 0 N–H and O–H groups in total. The van der Waals surface area contributed by atoms with E-state index in [4.69, 9.17) is 9.47 Å². The van der Waals surface area contributed by atoms with Crippen molar-refractivity contribution in [2.24, 2.45) is 0 Å². The lowest BCUT2D eigenvalue weighted by Crippen LogP contribution is -2.28. The summed E-state index contributed by atoms with van der Waals surface area (Å²) in [6.07, 6.45) is 4.22. The minimum absolute atomic E-state index is 0.0326. The Morgan fingerprint density at radius 2 is 0.609 bits per heavy atom. The van der Waals surface area contributed by atoms with Crippen LogP contribution in [0.5, 0.6) is 0 Å². The van der Waals surface area contributed by atoms with Gasteiger partial charge in [-0.25, -0.2) is 0 Å². The molecule has 1 aromatic heterocycles. The van der Waals surface area contributed by atoms with E-state index in [-0.39, 0.29) is 32.5 Å². The topological polar surface area (TPSA) is 18.5 Å². The van der Waals surface area contributed by atoms with Crippen molar-refractivity contribution in [3.05, 3.63) is 67.0 Å². The molecule has 2 nitrogen and oxygen atoms in total. The fourth-order valence-corrected chi connectivity index (χ4v) is 14.4. The molecule has 0 fully saturated rings. The van der Waals surface area contributed by atoms with E-state index in [1.54, 1.807) is 0 Å². The van der Waals surface area contributed by atoms with E-state index in [9.17, 15) is 0 Å². The number of methoxy groups -OCH3 is 2. The highest BCUT2D eigenvalue weighted by Gasteiger charge is 2.36. The largest absolute Gasteiger partial charge is 0.503 e. The molecule has 0 spiro atoms. The molecule has 3 aromatic rings. The van der Waals surface area contributed by atoms with E-state index in [0.29, 0.717) is 0 Å². The Hall–Kier alpha value is -1.88. The molecule has 0 radical (unpaired) electrons. The Kier molecular flexibility index (Phi) is 10.5.